The predicted octanol–water partition coefficient (Wildman–Crippen LogP) is 4.23. The molecule has 5 heteroatoms. The van der Waals surface area contributed by atoms with E-state index in [0.717, 1.165) is 12.0 Å². The summed E-state index contributed by atoms with van der Waals surface area (Å²) < 4.78 is 39.3. The number of hydrogen-bond donors (Lipinski definition) is 0. The maximum absolute atomic E-state index is 11.8. The summed E-state index contributed by atoms with van der Waals surface area (Å²) in [7, 11) is 0. The number of rotatable bonds is 4. The van der Waals surface area contributed by atoms with E-state index in [1.165, 1.54) is 12.1 Å². The first kappa shape index (κ1) is 12.9. The molecule has 88 valence electrons. The molecular formula is C11H10ClF3O. The Hall–Kier alpha value is -1.16. The fourth-order valence-corrected chi connectivity index (χ4v) is 1.19. The van der Waals surface area contributed by atoms with Crippen LogP contribution in [-0.2, 0) is 0 Å². The van der Waals surface area contributed by atoms with Crippen LogP contribution in [0.3, 0.4) is 0 Å². The van der Waals surface area contributed by atoms with E-state index in [9.17, 15) is 13.2 Å². The topological polar surface area (TPSA) is 9.23 Å². The van der Waals surface area contributed by atoms with Crippen LogP contribution in [0.4, 0.5) is 13.2 Å². The minimum Gasteiger partial charge on any atom is -0.406 e. The van der Waals surface area contributed by atoms with E-state index in [2.05, 4.69) is 4.74 Å². The van der Waals surface area contributed by atoms with Gasteiger partial charge in [-0.05, 0) is 24.1 Å². The van der Waals surface area contributed by atoms with Crippen LogP contribution in [0.5, 0.6) is 5.75 Å². The Morgan fingerprint density at radius 2 is 1.81 bits per heavy atom. The van der Waals surface area contributed by atoms with Gasteiger partial charge in [-0.25, -0.2) is 0 Å². The summed E-state index contributed by atoms with van der Waals surface area (Å²) in [5.74, 6) is 0.299. The first-order valence-corrected chi connectivity index (χ1v) is 5.13. The normalized spacial score (nSPS) is 12.0. The van der Waals surface area contributed by atoms with Crippen LogP contribution in [0, 0.1) is 0 Å². The van der Waals surface area contributed by atoms with E-state index in [0.29, 0.717) is 5.88 Å². The zero-order valence-electron chi connectivity index (χ0n) is 8.30. The van der Waals surface area contributed by atoms with E-state index in [1.54, 1.807) is 18.2 Å². The van der Waals surface area contributed by atoms with Gasteiger partial charge in [0.25, 0.3) is 0 Å². The third-order valence-electron chi connectivity index (χ3n) is 1.70. The highest BCUT2D eigenvalue weighted by Crippen LogP contribution is 2.22. The molecule has 0 aliphatic heterocycles. The Morgan fingerprint density at radius 3 is 2.31 bits per heavy atom. The van der Waals surface area contributed by atoms with Crippen molar-refractivity contribution in [3.05, 3.63) is 35.9 Å². The van der Waals surface area contributed by atoms with Gasteiger partial charge in [0.1, 0.15) is 5.75 Å². The third-order valence-corrected chi connectivity index (χ3v) is 1.92. The van der Waals surface area contributed by atoms with Gasteiger partial charge in [0.15, 0.2) is 0 Å². The number of hydrogen-bond acceptors (Lipinski definition) is 1. The number of ether oxygens (including phenoxy) is 1. The molecule has 0 aromatic heterocycles. The molecule has 16 heavy (non-hydrogen) atoms. The summed E-state index contributed by atoms with van der Waals surface area (Å²) in [6.07, 6.45) is -0.273. The van der Waals surface area contributed by atoms with Gasteiger partial charge in [-0.15, -0.1) is 24.8 Å². The quantitative estimate of drug-likeness (QED) is 0.727. The van der Waals surface area contributed by atoms with Crippen molar-refractivity contribution < 1.29 is 17.9 Å². The molecule has 0 aliphatic rings. The number of benzene rings is 1. The molecule has 0 aliphatic carbocycles. The van der Waals surface area contributed by atoms with Crippen molar-refractivity contribution in [1.29, 1.82) is 0 Å². The Balaban J connectivity index is 2.61. The molecule has 0 unspecified atom stereocenters. The molecule has 1 aromatic rings. The molecule has 0 bridgehead atoms. The van der Waals surface area contributed by atoms with Gasteiger partial charge in [0.05, 0.1) is 0 Å². The Kier molecular flexibility index (Phi) is 4.68. The fourth-order valence-electron chi connectivity index (χ4n) is 1.06. The average molecular weight is 251 g/mol. The van der Waals surface area contributed by atoms with Crippen molar-refractivity contribution in [3.63, 3.8) is 0 Å². The summed E-state index contributed by atoms with van der Waals surface area (Å²) in [5, 5.41) is 0. The van der Waals surface area contributed by atoms with Crippen molar-refractivity contribution in [2.45, 2.75) is 12.8 Å². The molecule has 1 rings (SSSR count). The van der Waals surface area contributed by atoms with Gasteiger partial charge in [-0.3, -0.25) is 0 Å². The lowest BCUT2D eigenvalue weighted by atomic mass is 10.2. The van der Waals surface area contributed by atoms with Crippen LogP contribution < -0.4 is 4.74 Å². The van der Waals surface area contributed by atoms with E-state index in [1.807, 2.05) is 6.08 Å². The van der Waals surface area contributed by atoms with Crippen molar-refractivity contribution >= 4 is 17.7 Å². The number of allylic oxidation sites excluding steroid dienone is 1. The Bertz CT molecular complexity index is 343. The van der Waals surface area contributed by atoms with Crippen LogP contribution >= 0.6 is 11.6 Å². The predicted molar refractivity (Wildman–Crippen MR) is 57.5 cm³/mol. The second-order valence-corrected chi connectivity index (χ2v) is 3.37. The lowest BCUT2D eigenvalue weighted by molar-refractivity contribution is -0.274. The maximum Gasteiger partial charge on any atom is 0.573 e. The molecule has 0 radical (unpaired) electrons. The fraction of sp³-hybridized carbons (Fsp3) is 0.273. The maximum atomic E-state index is 11.8. The second-order valence-electron chi connectivity index (χ2n) is 3.00. The lowest BCUT2D eigenvalue weighted by Crippen LogP contribution is -2.16. The molecule has 0 saturated heterocycles. The summed E-state index contributed by atoms with van der Waals surface area (Å²) in [6.45, 7) is 0. The van der Waals surface area contributed by atoms with Gasteiger partial charge in [0, 0.05) is 5.88 Å². The minimum absolute atomic E-state index is 0.220. The molecule has 0 fully saturated rings. The van der Waals surface area contributed by atoms with Gasteiger partial charge in [-0.2, -0.15) is 0 Å². The monoisotopic (exact) mass is 250 g/mol. The Morgan fingerprint density at radius 1 is 1.19 bits per heavy atom. The van der Waals surface area contributed by atoms with Crippen molar-refractivity contribution in [2.24, 2.45) is 0 Å². The number of alkyl halides is 4. The van der Waals surface area contributed by atoms with Gasteiger partial charge < -0.3 is 4.74 Å². The standard InChI is InChI=1S/C11H10ClF3O/c12-8-2-1-3-9-4-6-10(7-5-9)16-11(13,14)15/h1,3-7H,2,8H2. The van der Waals surface area contributed by atoms with Crippen LogP contribution in [0.15, 0.2) is 30.3 Å². The van der Waals surface area contributed by atoms with E-state index in [4.69, 9.17) is 11.6 Å². The zero-order chi connectivity index (χ0) is 12.0. The van der Waals surface area contributed by atoms with Crippen molar-refractivity contribution in [2.75, 3.05) is 5.88 Å². The first-order chi connectivity index (χ1) is 7.51. The zero-order valence-corrected chi connectivity index (χ0v) is 9.05. The van der Waals surface area contributed by atoms with Crippen LogP contribution in [-0.4, -0.2) is 12.2 Å². The van der Waals surface area contributed by atoms with Crippen molar-refractivity contribution in [1.82, 2.24) is 0 Å². The van der Waals surface area contributed by atoms with Crippen molar-refractivity contribution in [3.8, 4) is 5.75 Å². The highest BCUT2D eigenvalue weighted by molar-refractivity contribution is 6.17. The van der Waals surface area contributed by atoms with E-state index in [-0.39, 0.29) is 5.75 Å². The SMILES string of the molecule is FC(F)(F)Oc1ccc(C=CCCCl)cc1. The minimum atomic E-state index is -4.64. The van der Waals surface area contributed by atoms with E-state index < -0.39 is 6.36 Å². The van der Waals surface area contributed by atoms with Gasteiger partial charge in [0.2, 0.25) is 0 Å². The average Bonchev–Trinajstić information content (AvgIpc) is 2.19. The second kappa shape index (κ2) is 5.80. The van der Waals surface area contributed by atoms with E-state index >= 15 is 0 Å². The highest BCUT2D eigenvalue weighted by atomic mass is 35.5. The molecule has 1 nitrogen and oxygen atoms in total. The van der Waals surface area contributed by atoms with Crippen LogP contribution in [0.1, 0.15) is 12.0 Å². The largest absolute Gasteiger partial charge is 0.573 e. The summed E-state index contributed by atoms with van der Waals surface area (Å²) >= 11 is 5.47. The molecule has 0 amide bonds. The summed E-state index contributed by atoms with van der Waals surface area (Å²) in [5.41, 5.74) is 0.805. The molecule has 0 atom stereocenters. The smallest absolute Gasteiger partial charge is 0.406 e. The molecule has 0 N–H and O–H groups in total. The van der Waals surface area contributed by atoms with Crippen LogP contribution in [0.2, 0.25) is 0 Å². The number of halogens is 4. The Labute approximate surface area is 96.5 Å². The molecule has 0 heterocycles. The van der Waals surface area contributed by atoms with Gasteiger partial charge >= 0.3 is 6.36 Å². The molecular weight excluding hydrogens is 241 g/mol. The lowest BCUT2D eigenvalue weighted by Gasteiger charge is -2.08. The van der Waals surface area contributed by atoms with Gasteiger partial charge in [-0.1, -0.05) is 24.3 Å². The molecule has 0 spiro atoms. The molecule has 0 saturated carbocycles. The summed E-state index contributed by atoms with van der Waals surface area (Å²) in [4.78, 5) is 0. The first-order valence-electron chi connectivity index (χ1n) is 4.59. The molecule has 1 aromatic carbocycles. The third kappa shape index (κ3) is 5.07. The van der Waals surface area contributed by atoms with Crippen LogP contribution in [0.25, 0.3) is 6.08 Å². The summed E-state index contributed by atoms with van der Waals surface area (Å²) in [6, 6.07) is 5.64. The highest BCUT2D eigenvalue weighted by Gasteiger charge is 2.30.